The van der Waals surface area contributed by atoms with Gasteiger partial charge in [-0.05, 0) is 62.9 Å². The van der Waals surface area contributed by atoms with E-state index in [9.17, 15) is 4.79 Å². The van der Waals surface area contributed by atoms with Crippen molar-refractivity contribution >= 4 is 48.0 Å². The normalized spacial score (nSPS) is 18.2. The Morgan fingerprint density at radius 3 is 2.90 bits per heavy atom. The first-order valence-corrected chi connectivity index (χ1v) is 10.3. The Balaban J connectivity index is 0.00000150. The van der Waals surface area contributed by atoms with Gasteiger partial charge in [-0.2, -0.15) is 0 Å². The Morgan fingerprint density at radius 2 is 2.10 bits per heavy atom. The molecule has 3 heterocycles. The lowest BCUT2D eigenvalue weighted by Gasteiger charge is -2.12. The molecular weight excluding hydrogens is 433 g/mol. The van der Waals surface area contributed by atoms with Crippen LogP contribution in [0.2, 0.25) is 5.02 Å². The molecular formula is C20H28Cl3N5O. The van der Waals surface area contributed by atoms with E-state index in [1.165, 1.54) is 6.42 Å². The average molecular weight is 461 g/mol. The van der Waals surface area contributed by atoms with Crippen LogP contribution in [0.5, 0.6) is 0 Å². The first-order valence-electron chi connectivity index (χ1n) is 9.93. The number of hydrogen-bond acceptors (Lipinski definition) is 4. The lowest BCUT2D eigenvalue weighted by atomic mass is 10.0. The van der Waals surface area contributed by atoms with Crippen LogP contribution in [0.25, 0.3) is 11.4 Å². The van der Waals surface area contributed by atoms with Gasteiger partial charge in [0.25, 0.3) is 0 Å². The maximum Gasteiger partial charge on any atom is 0.224 e. The number of aryl methyl sites for hydroxylation is 1. The fourth-order valence-corrected chi connectivity index (χ4v) is 4.18. The van der Waals surface area contributed by atoms with E-state index >= 15 is 0 Å². The molecule has 9 heteroatoms. The third-order valence-corrected chi connectivity index (χ3v) is 5.87. The molecule has 2 aromatic rings. The van der Waals surface area contributed by atoms with Gasteiger partial charge in [0.2, 0.25) is 5.91 Å². The van der Waals surface area contributed by atoms with Crippen molar-refractivity contribution < 1.29 is 4.79 Å². The van der Waals surface area contributed by atoms with E-state index in [-0.39, 0.29) is 30.7 Å². The summed E-state index contributed by atoms with van der Waals surface area (Å²) in [4.78, 5) is 12.3. The van der Waals surface area contributed by atoms with Crippen LogP contribution >= 0.6 is 36.4 Å². The Bertz CT molecular complexity index is 820. The highest BCUT2D eigenvalue weighted by Crippen LogP contribution is 2.31. The molecule has 1 saturated heterocycles. The van der Waals surface area contributed by atoms with Gasteiger partial charge in [-0.15, -0.1) is 35.0 Å². The third kappa shape index (κ3) is 5.85. The Hall–Kier alpha value is -1.34. The van der Waals surface area contributed by atoms with Gasteiger partial charge in [-0.25, -0.2) is 0 Å². The van der Waals surface area contributed by atoms with Gasteiger partial charge in [0.1, 0.15) is 5.82 Å². The highest BCUT2D eigenvalue weighted by Gasteiger charge is 2.19. The predicted molar refractivity (Wildman–Crippen MR) is 121 cm³/mol. The van der Waals surface area contributed by atoms with Gasteiger partial charge in [0.05, 0.1) is 5.02 Å². The van der Waals surface area contributed by atoms with E-state index in [1.54, 1.807) is 0 Å². The minimum absolute atomic E-state index is 0. The quantitative estimate of drug-likeness (QED) is 0.689. The molecule has 1 unspecified atom stereocenters. The molecule has 1 atom stereocenters. The van der Waals surface area contributed by atoms with Crippen LogP contribution in [0.15, 0.2) is 18.2 Å². The zero-order valence-corrected chi connectivity index (χ0v) is 18.7. The van der Waals surface area contributed by atoms with E-state index in [4.69, 9.17) is 11.6 Å². The fraction of sp³-hybridized carbons (Fsp3) is 0.550. The molecule has 4 rings (SSSR count). The first-order chi connectivity index (χ1) is 13.2. The van der Waals surface area contributed by atoms with Gasteiger partial charge in [0, 0.05) is 30.6 Å². The Morgan fingerprint density at radius 1 is 1.24 bits per heavy atom. The molecule has 0 aliphatic carbocycles. The summed E-state index contributed by atoms with van der Waals surface area (Å²) in [5.74, 6) is 2.49. The predicted octanol–water partition coefficient (Wildman–Crippen LogP) is 4.50. The summed E-state index contributed by atoms with van der Waals surface area (Å²) < 4.78 is 2.17. The third-order valence-electron chi connectivity index (χ3n) is 5.54. The molecule has 6 nitrogen and oxygen atoms in total. The molecule has 0 bridgehead atoms. The van der Waals surface area contributed by atoms with Crippen molar-refractivity contribution in [3.63, 3.8) is 0 Å². The number of nitrogens with one attached hydrogen (secondary N) is 2. The fourth-order valence-electron chi connectivity index (χ4n) is 3.98. The van der Waals surface area contributed by atoms with Gasteiger partial charge in [-0.3, -0.25) is 4.79 Å². The molecule has 2 aliphatic heterocycles. The van der Waals surface area contributed by atoms with Crippen molar-refractivity contribution in [1.82, 2.24) is 20.1 Å². The summed E-state index contributed by atoms with van der Waals surface area (Å²) in [6.07, 6.45) is 7.08. The van der Waals surface area contributed by atoms with Gasteiger partial charge in [-0.1, -0.05) is 18.0 Å². The van der Waals surface area contributed by atoms with E-state index in [0.717, 1.165) is 74.6 Å². The summed E-state index contributed by atoms with van der Waals surface area (Å²) in [6.45, 7) is 3.01. The lowest BCUT2D eigenvalue weighted by Crippen LogP contribution is -2.15. The number of amides is 1. The molecule has 29 heavy (non-hydrogen) atoms. The zero-order valence-electron chi connectivity index (χ0n) is 16.3. The summed E-state index contributed by atoms with van der Waals surface area (Å²) in [7, 11) is 0. The van der Waals surface area contributed by atoms with E-state index in [0.29, 0.717) is 17.4 Å². The second-order valence-electron chi connectivity index (χ2n) is 7.54. The minimum Gasteiger partial charge on any atom is -0.326 e. The number of hydrogen-bond donors (Lipinski definition) is 2. The lowest BCUT2D eigenvalue weighted by molar-refractivity contribution is -0.116. The molecule has 1 fully saturated rings. The maximum absolute atomic E-state index is 12.3. The zero-order chi connectivity index (χ0) is 18.6. The first kappa shape index (κ1) is 23.9. The minimum atomic E-state index is 0. The summed E-state index contributed by atoms with van der Waals surface area (Å²) >= 11 is 6.45. The molecule has 0 saturated carbocycles. The average Bonchev–Trinajstić information content (AvgIpc) is 3.27. The molecule has 1 aromatic heterocycles. The molecule has 1 amide bonds. The number of aromatic nitrogens is 3. The van der Waals surface area contributed by atoms with Gasteiger partial charge >= 0.3 is 0 Å². The Labute approximate surface area is 189 Å². The number of nitrogens with zero attached hydrogens (tertiary/aromatic N) is 3. The van der Waals surface area contributed by atoms with E-state index < -0.39 is 0 Å². The second-order valence-corrected chi connectivity index (χ2v) is 7.95. The smallest absolute Gasteiger partial charge is 0.224 e. The summed E-state index contributed by atoms with van der Waals surface area (Å²) in [6, 6.07) is 5.59. The van der Waals surface area contributed by atoms with Gasteiger partial charge in [0.15, 0.2) is 5.82 Å². The summed E-state index contributed by atoms with van der Waals surface area (Å²) in [5, 5.41) is 15.7. The number of carbonyl (C=O) groups is 1. The van der Waals surface area contributed by atoms with Crippen LogP contribution in [0.3, 0.4) is 0 Å². The number of benzene rings is 1. The van der Waals surface area contributed by atoms with Gasteiger partial charge < -0.3 is 15.2 Å². The molecule has 2 aliphatic rings. The van der Waals surface area contributed by atoms with Crippen LogP contribution in [-0.2, 0) is 17.8 Å². The molecule has 0 spiro atoms. The monoisotopic (exact) mass is 459 g/mol. The van der Waals surface area contributed by atoms with Crippen LogP contribution in [0, 0.1) is 5.92 Å². The molecule has 1 aromatic carbocycles. The maximum atomic E-state index is 12.3. The van der Waals surface area contributed by atoms with Crippen molar-refractivity contribution in [1.29, 1.82) is 0 Å². The molecule has 0 radical (unpaired) electrons. The number of halogens is 3. The number of anilines is 1. The largest absolute Gasteiger partial charge is 0.326 e. The van der Waals surface area contributed by atoms with E-state index in [2.05, 4.69) is 25.4 Å². The van der Waals surface area contributed by atoms with Crippen LogP contribution in [0.4, 0.5) is 5.69 Å². The molecule has 160 valence electrons. The number of fused-ring (bicyclic) bond motifs is 1. The Kier molecular flexibility index (Phi) is 9.21. The highest BCUT2D eigenvalue weighted by atomic mass is 35.5. The number of carbonyl (C=O) groups excluding carboxylic acids is 1. The van der Waals surface area contributed by atoms with Crippen molar-refractivity contribution in [2.24, 2.45) is 5.92 Å². The van der Waals surface area contributed by atoms with Crippen LogP contribution in [0.1, 0.15) is 44.3 Å². The van der Waals surface area contributed by atoms with Crippen LogP contribution in [-0.4, -0.2) is 33.8 Å². The van der Waals surface area contributed by atoms with Crippen molar-refractivity contribution in [3.05, 3.63) is 29.0 Å². The highest BCUT2D eigenvalue weighted by molar-refractivity contribution is 6.33. The van der Waals surface area contributed by atoms with Crippen molar-refractivity contribution in [2.45, 2.75) is 51.5 Å². The standard InChI is InChI=1S/C20H26ClN5O.2ClH/c21-17-7-6-15(23-19(27)8-5-14-9-10-22-13-14)12-16(17)20-25-24-18-4-2-1-3-11-26(18)20;;/h6-7,12,14,22H,1-5,8-11,13H2,(H,23,27);2*1H. The van der Waals surface area contributed by atoms with Crippen LogP contribution < -0.4 is 10.6 Å². The number of rotatable bonds is 5. The van der Waals surface area contributed by atoms with E-state index in [1.807, 2.05) is 18.2 Å². The van der Waals surface area contributed by atoms with Crippen molar-refractivity contribution in [2.75, 3.05) is 18.4 Å². The second kappa shape index (κ2) is 11.2. The topological polar surface area (TPSA) is 71.8 Å². The van der Waals surface area contributed by atoms with Crippen molar-refractivity contribution in [3.8, 4) is 11.4 Å². The SMILES string of the molecule is Cl.Cl.O=C(CCC1CCNC1)Nc1ccc(Cl)c(-c2nnc3n2CCCCC3)c1. The summed E-state index contributed by atoms with van der Waals surface area (Å²) in [5.41, 5.74) is 1.59. The molecule has 2 N–H and O–H groups in total.